The van der Waals surface area contributed by atoms with E-state index in [1.165, 1.54) is 12.1 Å². The highest BCUT2D eigenvalue weighted by Crippen LogP contribution is 2.20. The van der Waals surface area contributed by atoms with Gasteiger partial charge in [0.15, 0.2) is 0 Å². The second-order valence-electron chi connectivity index (χ2n) is 4.24. The average Bonchev–Trinajstić information content (AvgIpc) is 2.37. The van der Waals surface area contributed by atoms with Gasteiger partial charge in [0.1, 0.15) is 5.82 Å². The molecule has 0 saturated heterocycles. The molecule has 18 heavy (non-hydrogen) atoms. The van der Waals surface area contributed by atoms with Crippen molar-refractivity contribution >= 4 is 11.6 Å². The molecule has 0 fully saturated rings. The number of nitrogen functional groups attached to an aromatic ring is 1. The zero-order valence-electron chi connectivity index (χ0n) is 10.9. The number of nitrogens with one attached hydrogen (secondary N) is 1. The van der Waals surface area contributed by atoms with Gasteiger partial charge in [-0.1, -0.05) is 25.8 Å². The normalized spacial score (nSPS) is 10.2. The van der Waals surface area contributed by atoms with Gasteiger partial charge in [-0.2, -0.15) is 0 Å². The molecule has 0 aliphatic rings. The SMILES string of the molecule is CCCCCN(C)C(=O)c1cccc(F)c1NN. The summed E-state index contributed by atoms with van der Waals surface area (Å²) in [5.74, 6) is 4.50. The van der Waals surface area contributed by atoms with E-state index < -0.39 is 5.82 Å². The van der Waals surface area contributed by atoms with E-state index in [1.54, 1.807) is 18.0 Å². The van der Waals surface area contributed by atoms with Crippen molar-refractivity contribution in [1.29, 1.82) is 0 Å². The van der Waals surface area contributed by atoms with E-state index in [0.717, 1.165) is 19.3 Å². The molecule has 1 rings (SSSR count). The topological polar surface area (TPSA) is 58.4 Å². The van der Waals surface area contributed by atoms with Crippen molar-refractivity contribution in [2.75, 3.05) is 19.0 Å². The quantitative estimate of drug-likeness (QED) is 0.465. The minimum Gasteiger partial charge on any atom is -0.342 e. The minimum absolute atomic E-state index is 0.0461. The van der Waals surface area contributed by atoms with Crippen LogP contribution in [0.5, 0.6) is 0 Å². The third-order valence-corrected chi connectivity index (χ3v) is 2.83. The lowest BCUT2D eigenvalue weighted by Gasteiger charge is -2.19. The number of unbranched alkanes of at least 4 members (excludes halogenated alkanes) is 2. The van der Waals surface area contributed by atoms with Gasteiger partial charge in [0.25, 0.3) is 5.91 Å². The van der Waals surface area contributed by atoms with E-state index in [2.05, 4.69) is 12.3 Å². The molecule has 4 nitrogen and oxygen atoms in total. The highest BCUT2D eigenvalue weighted by atomic mass is 19.1. The summed E-state index contributed by atoms with van der Waals surface area (Å²) in [6, 6.07) is 4.34. The van der Waals surface area contributed by atoms with E-state index in [0.29, 0.717) is 6.54 Å². The molecule has 0 atom stereocenters. The van der Waals surface area contributed by atoms with Crippen LogP contribution in [0, 0.1) is 5.82 Å². The van der Waals surface area contributed by atoms with Crippen molar-refractivity contribution in [3.05, 3.63) is 29.6 Å². The number of carbonyl (C=O) groups excluding carboxylic acids is 1. The fourth-order valence-corrected chi connectivity index (χ4v) is 1.76. The highest BCUT2D eigenvalue weighted by molar-refractivity contribution is 5.99. The van der Waals surface area contributed by atoms with Gasteiger partial charge in [0.05, 0.1) is 11.3 Å². The molecule has 0 aliphatic heterocycles. The lowest BCUT2D eigenvalue weighted by Crippen LogP contribution is -2.29. The fraction of sp³-hybridized carbons (Fsp3) is 0.462. The first kappa shape index (κ1) is 14.4. The van der Waals surface area contributed by atoms with E-state index in [1.807, 2.05) is 0 Å². The zero-order valence-corrected chi connectivity index (χ0v) is 10.9. The molecule has 0 unspecified atom stereocenters. The molecule has 1 aromatic rings. The molecule has 0 spiro atoms. The number of hydrogen-bond acceptors (Lipinski definition) is 3. The molecule has 1 aromatic carbocycles. The van der Waals surface area contributed by atoms with Crippen LogP contribution in [-0.4, -0.2) is 24.4 Å². The largest absolute Gasteiger partial charge is 0.342 e. The maximum Gasteiger partial charge on any atom is 0.255 e. The summed E-state index contributed by atoms with van der Waals surface area (Å²) >= 11 is 0. The van der Waals surface area contributed by atoms with Crippen LogP contribution in [-0.2, 0) is 0 Å². The van der Waals surface area contributed by atoms with Gasteiger partial charge >= 0.3 is 0 Å². The third-order valence-electron chi connectivity index (χ3n) is 2.83. The van der Waals surface area contributed by atoms with Crippen LogP contribution in [0.2, 0.25) is 0 Å². The maximum atomic E-state index is 13.5. The number of rotatable bonds is 6. The maximum absolute atomic E-state index is 13.5. The number of carbonyl (C=O) groups is 1. The first-order chi connectivity index (χ1) is 8.61. The Balaban J connectivity index is 2.80. The molecule has 0 aliphatic carbocycles. The average molecular weight is 253 g/mol. The van der Waals surface area contributed by atoms with Crippen LogP contribution >= 0.6 is 0 Å². The molecule has 0 bridgehead atoms. The number of para-hydroxylation sites is 1. The Labute approximate surface area is 107 Å². The molecule has 0 heterocycles. The predicted molar refractivity (Wildman–Crippen MR) is 70.7 cm³/mol. The Hall–Kier alpha value is -1.62. The summed E-state index contributed by atoms with van der Waals surface area (Å²) < 4.78 is 13.5. The summed E-state index contributed by atoms with van der Waals surface area (Å²) in [5.41, 5.74) is 2.55. The lowest BCUT2D eigenvalue weighted by molar-refractivity contribution is 0.0793. The van der Waals surface area contributed by atoms with Crippen LogP contribution in [0.4, 0.5) is 10.1 Å². The van der Waals surface area contributed by atoms with Crippen molar-refractivity contribution in [2.24, 2.45) is 5.84 Å². The summed E-state index contributed by atoms with van der Waals surface area (Å²) in [5, 5.41) is 0. The molecule has 5 heteroatoms. The summed E-state index contributed by atoms with van der Waals surface area (Å²) in [6.45, 7) is 2.76. The van der Waals surface area contributed by atoms with Gasteiger partial charge in [-0.3, -0.25) is 10.6 Å². The predicted octanol–water partition coefficient (Wildman–Crippen LogP) is 2.37. The smallest absolute Gasteiger partial charge is 0.255 e. The molecule has 3 N–H and O–H groups in total. The number of hydrazine groups is 1. The lowest BCUT2D eigenvalue weighted by atomic mass is 10.1. The molecular weight excluding hydrogens is 233 g/mol. The van der Waals surface area contributed by atoms with Crippen LogP contribution in [0.25, 0.3) is 0 Å². The third kappa shape index (κ3) is 3.43. The van der Waals surface area contributed by atoms with Gasteiger partial charge in [0, 0.05) is 13.6 Å². The van der Waals surface area contributed by atoms with Crippen molar-refractivity contribution in [2.45, 2.75) is 26.2 Å². The van der Waals surface area contributed by atoms with E-state index in [4.69, 9.17) is 5.84 Å². The van der Waals surface area contributed by atoms with E-state index in [-0.39, 0.29) is 17.2 Å². The standard InChI is InChI=1S/C13H20FN3O/c1-3-4-5-9-17(2)13(18)10-7-6-8-11(14)12(10)16-15/h6-8,16H,3-5,9,15H2,1-2H3. The van der Waals surface area contributed by atoms with Gasteiger partial charge in [-0.05, 0) is 18.6 Å². The van der Waals surface area contributed by atoms with Crippen LogP contribution in [0.15, 0.2) is 18.2 Å². The molecule has 100 valence electrons. The number of nitrogens with two attached hydrogens (primary N) is 1. The van der Waals surface area contributed by atoms with E-state index in [9.17, 15) is 9.18 Å². The monoisotopic (exact) mass is 253 g/mol. The minimum atomic E-state index is -0.523. The second-order valence-corrected chi connectivity index (χ2v) is 4.24. The van der Waals surface area contributed by atoms with Crippen molar-refractivity contribution in [3.63, 3.8) is 0 Å². The number of halogens is 1. The van der Waals surface area contributed by atoms with Gasteiger partial charge in [-0.15, -0.1) is 0 Å². The zero-order chi connectivity index (χ0) is 13.5. The highest BCUT2D eigenvalue weighted by Gasteiger charge is 2.17. The van der Waals surface area contributed by atoms with Crippen molar-refractivity contribution in [1.82, 2.24) is 4.90 Å². The van der Waals surface area contributed by atoms with Crippen LogP contribution in [0.1, 0.15) is 36.5 Å². The molecule has 0 saturated carbocycles. The molecular formula is C13H20FN3O. The van der Waals surface area contributed by atoms with Crippen molar-refractivity contribution < 1.29 is 9.18 Å². The summed E-state index contributed by atoms with van der Waals surface area (Å²) in [4.78, 5) is 13.7. The summed E-state index contributed by atoms with van der Waals surface area (Å²) in [7, 11) is 1.71. The van der Waals surface area contributed by atoms with Crippen LogP contribution in [0.3, 0.4) is 0 Å². The van der Waals surface area contributed by atoms with Crippen molar-refractivity contribution in [3.8, 4) is 0 Å². The van der Waals surface area contributed by atoms with Crippen LogP contribution < -0.4 is 11.3 Å². The number of amides is 1. The number of benzene rings is 1. The number of anilines is 1. The Kier molecular flexibility index (Phi) is 5.58. The van der Waals surface area contributed by atoms with Gasteiger partial charge in [-0.25, -0.2) is 4.39 Å². The number of nitrogens with zero attached hydrogens (tertiary/aromatic N) is 1. The Morgan fingerprint density at radius 1 is 1.44 bits per heavy atom. The fourth-order valence-electron chi connectivity index (χ4n) is 1.76. The first-order valence-corrected chi connectivity index (χ1v) is 6.12. The molecule has 0 aromatic heterocycles. The summed E-state index contributed by atoms with van der Waals surface area (Å²) in [6.07, 6.45) is 3.11. The Morgan fingerprint density at radius 3 is 2.78 bits per heavy atom. The van der Waals surface area contributed by atoms with E-state index >= 15 is 0 Å². The molecule has 1 amide bonds. The van der Waals surface area contributed by atoms with Gasteiger partial charge < -0.3 is 10.3 Å². The first-order valence-electron chi connectivity index (χ1n) is 6.12. The molecule has 0 radical (unpaired) electrons. The second kappa shape index (κ2) is 6.96. The Bertz CT molecular complexity index is 409. The number of hydrogen-bond donors (Lipinski definition) is 2. The Morgan fingerprint density at radius 2 is 2.17 bits per heavy atom. The van der Waals surface area contributed by atoms with Gasteiger partial charge in [0.2, 0.25) is 0 Å².